The lowest BCUT2D eigenvalue weighted by Crippen LogP contribution is -1.88. The van der Waals surface area contributed by atoms with Crippen LogP contribution in [0.25, 0.3) is 0 Å². The number of rotatable bonds is 0. The van der Waals surface area contributed by atoms with Crippen molar-refractivity contribution < 1.29 is 0 Å². The Balaban J connectivity index is 3.17. The van der Waals surface area contributed by atoms with Gasteiger partial charge in [0.05, 0.1) is 3.57 Å². The summed E-state index contributed by atoms with van der Waals surface area (Å²) in [6.07, 6.45) is 1.70. The Bertz CT molecular complexity index is 226. The van der Waals surface area contributed by atoms with Crippen LogP contribution in [0.2, 0.25) is 5.15 Å². The number of hydrogen-bond acceptors (Lipinski definition) is 2. The summed E-state index contributed by atoms with van der Waals surface area (Å²) in [5, 5.41) is 0.531. The van der Waals surface area contributed by atoms with Crippen molar-refractivity contribution >= 4 is 34.2 Å². The highest BCUT2D eigenvalue weighted by Gasteiger charge is 1.96. The second kappa shape index (κ2) is 2.79. The predicted molar refractivity (Wildman–Crippen MR) is 44.5 cm³/mol. The van der Waals surface area contributed by atoms with Gasteiger partial charge in [0.1, 0.15) is 11.0 Å². The largest absolute Gasteiger partial charge is 0.240 e. The highest BCUT2D eigenvalue weighted by atomic mass is 127. The Hall–Kier alpha value is 0.1000. The minimum atomic E-state index is 0.531. The van der Waals surface area contributed by atoms with Crippen LogP contribution < -0.4 is 0 Å². The lowest BCUT2D eigenvalue weighted by Gasteiger charge is -1.92. The molecular weight excluding hydrogens is 250 g/mol. The van der Waals surface area contributed by atoms with E-state index < -0.39 is 0 Å². The van der Waals surface area contributed by atoms with Gasteiger partial charge in [-0.1, -0.05) is 11.6 Å². The van der Waals surface area contributed by atoms with Gasteiger partial charge in [-0.3, -0.25) is 0 Å². The third-order valence-corrected chi connectivity index (χ3v) is 2.22. The molecule has 4 heteroatoms. The van der Waals surface area contributed by atoms with Gasteiger partial charge in [-0.2, -0.15) is 0 Å². The predicted octanol–water partition coefficient (Wildman–Crippen LogP) is 2.04. The van der Waals surface area contributed by atoms with E-state index in [4.69, 9.17) is 11.6 Å². The zero-order chi connectivity index (χ0) is 6.85. The van der Waals surface area contributed by atoms with Crippen LogP contribution in [0.4, 0.5) is 0 Å². The van der Waals surface area contributed by atoms with Gasteiger partial charge in [-0.15, -0.1) is 0 Å². The molecule has 0 spiro atoms. The van der Waals surface area contributed by atoms with E-state index in [2.05, 4.69) is 32.6 Å². The molecule has 0 aromatic carbocycles. The molecule has 0 saturated carbocycles. The van der Waals surface area contributed by atoms with Crippen molar-refractivity contribution in [3.63, 3.8) is 0 Å². The molecule has 2 nitrogen and oxygen atoms in total. The Morgan fingerprint density at radius 2 is 2.33 bits per heavy atom. The van der Waals surface area contributed by atoms with E-state index in [9.17, 15) is 0 Å². The first-order valence-electron chi connectivity index (χ1n) is 2.35. The van der Waals surface area contributed by atoms with Crippen LogP contribution in [-0.2, 0) is 0 Å². The zero-order valence-corrected chi connectivity index (χ0v) is 7.64. The van der Waals surface area contributed by atoms with E-state index in [0.29, 0.717) is 11.0 Å². The van der Waals surface area contributed by atoms with Gasteiger partial charge in [-0.25, -0.2) is 9.97 Å². The van der Waals surface area contributed by atoms with Gasteiger partial charge < -0.3 is 0 Å². The highest BCUT2D eigenvalue weighted by molar-refractivity contribution is 14.1. The Kier molecular flexibility index (Phi) is 2.23. The molecule has 0 fully saturated rings. The zero-order valence-electron chi connectivity index (χ0n) is 4.73. The number of hydrogen-bond donors (Lipinski definition) is 0. The lowest BCUT2D eigenvalue weighted by atomic mass is 10.6. The van der Waals surface area contributed by atoms with Crippen molar-refractivity contribution in [2.75, 3.05) is 0 Å². The maximum Gasteiger partial charge on any atom is 0.146 e. The fourth-order valence-corrected chi connectivity index (χ4v) is 0.859. The molecule has 0 atom stereocenters. The number of aromatic nitrogens is 2. The van der Waals surface area contributed by atoms with Crippen LogP contribution >= 0.6 is 34.2 Å². The molecule has 0 radical (unpaired) electrons. The first-order chi connectivity index (χ1) is 4.20. The van der Waals surface area contributed by atoms with Gasteiger partial charge in [0.25, 0.3) is 0 Å². The second-order valence-electron chi connectivity index (χ2n) is 1.56. The number of nitrogens with zero attached hydrogens (tertiary/aromatic N) is 2. The summed E-state index contributed by atoms with van der Waals surface area (Å²) >= 11 is 7.74. The average Bonchev–Trinajstić information content (AvgIpc) is 1.80. The molecule has 0 saturated heterocycles. The first-order valence-corrected chi connectivity index (χ1v) is 3.80. The summed E-state index contributed by atoms with van der Waals surface area (Å²) < 4.78 is 0.889. The van der Waals surface area contributed by atoms with E-state index in [0.717, 1.165) is 3.57 Å². The summed E-state index contributed by atoms with van der Waals surface area (Å²) in [7, 11) is 0. The monoisotopic (exact) mass is 254 g/mol. The molecule has 0 bridgehead atoms. The van der Waals surface area contributed by atoms with Crippen molar-refractivity contribution in [2.24, 2.45) is 0 Å². The summed E-state index contributed by atoms with van der Waals surface area (Å²) in [5.41, 5.74) is 0. The Morgan fingerprint density at radius 1 is 1.67 bits per heavy atom. The van der Waals surface area contributed by atoms with Gasteiger partial charge in [0.15, 0.2) is 0 Å². The lowest BCUT2D eigenvalue weighted by molar-refractivity contribution is 1.04. The van der Waals surface area contributed by atoms with Crippen LogP contribution in [0.1, 0.15) is 5.82 Å². The molecule has 0 unspecified atom stereocenters. The molecule has 1 aromatic heterocycles. The third-order valence-electron chi connectivity index (χ3n) is 0.822. The number of halogens is 2. The standard InChI is InChI=1S/C5H4ClIN2/c1-3-8-2-4(7)5(6)9-3/h2H,1H3. The van der Waals surface area contributed by atoms with Crippen molar-refractivity contribution in [1.29, 1.82) is 0 Å². The average molecular weight is 254 g/mol. The fraction of sp³-hybridized carbons (Fsp3) is 0.200. The molecule has 0 aliphatic rings. The van der Waals surface area contributed by atoms with Gasteiger partial charge >= 0.3 is 0 Å². The van der Waals surface area contributed by atoms with Crippen LogP contribution in [0.15, 0.2) is 6.20 Å². The summed E-state index contributed by atoms with van der Waals surface area (Å²) in [4.78, 5) is 7.86. The minimum absolute atomic E-state index is 0.531. The summed E-state index contributed by atoms with van der Waals surface area (Å²) in [6, 6.07) is 0. The fourth-order valence-electron chi connectivity index (χ4n) is 0.428. The molecule has 0 aliphatic heterocycles. The van der Waals surface area contributed by atoms with Gasteiger partial charge in [0.2, 0.25) is 0 Å². The molecule has 0 N–H and O–H groups in total. The number of aryl methyl sites for hydroxylation is 1. The van der Waals surface area contributed by atoms with Crippen LogP contribution in [-0.4, -0.2) is 9.97 Å². The first kappa shape index (κ1) is 7.21. The van der Waals surface area contributed by atoms with Crippen LogP contribution in [0.3, 0.4) is 0 Å². The minimum Gasteiger partial charge on any atom is -0.240 e. The topological polar surface area (TPSA) is 25.8 Å². The Labute approximate surface area is 71.8 Å². The van der Waals surface area contributed by atoms with E-state index in [1.807, 2.05) is 6.92 Å². The highest BCUT2D eigenvalue weighted by Crippen LogP contribution is 2.12. The molecule has 0 amide bonds. The summed E-state index contributed by atoms with van der Waals surface area (Å²) in [5.74, 6) is 0.709. The van der Waals surface area contributed by atoms with Crippen molar-refractivity contribution in [3.8, 4) is 0 Å². The Morgan fingerprint density at radius 3 is 2.78 bits per heavy atom. The molecular formula is C5H4ClIN2. The van der Waals surface area contributed by atoms with E-state index in [-0.39, 0.29) is 0 Å². The second-order valence-corrected chi connectivity index (χ2v) is 3.08. The van der Waals surface area contributed by atoms with E-state index in [1.54, 1.807) is 6.20 Å². The maximum absolute atomic E-state index is 5.66. The van der Waals surface area contributed by atoms with Crippen molar-refractivity contribution in [2.45, 2.75) is 6.92 Å². The van der Waals surface area contributed by atoms with E-state index >= 15 is 0 Å². The molecule has 9 heavy (non-hydrogen) atoms. The van der Waals surface area contributed by atoms with Crippen molar-refractivity contribution in [1.82, 2.24) is 9.97 Å². The smallest absolute Gasteiger partial charge is 0.146 e. The van der Waals surface area contributed by atoms with Gasteiger partial charge in [-0.05, 0) is 29.5 Å². The molecule has 1 rings (SSSR count). The maximum atomic E-state index is 5.66. The normalized spacial score (nSPS) is 9.67. The molecule has 0 aliphatic carbocycles. The quantitative estimate of drug-likeness (QED) is 0.523. The molecule has 48 valence electrons. The summed E-state index contributed by atoms with van der Waals surface area (Å²) in [6.45, 7) is 1.81. The molecule has 1 heterocycles. The molecule has 1 aromatic rings. The van der Waals surface area contributed by atoms with Gasteiger partial charge in [0, 0.05) is 6.20 Å². The third kappa shape index (κ3) is 1.76. The van der Waals surface area contributed by atoms with Crippen LogP contribution in [0, 0.1) is 10.5 Å². The SMILES string of the molecule is Cc1ncc(I)c(Cl)n1. The van der Waals surface area contributed by atoms with Crippen LogP contribution in [0.5, 0.6) is 0 Å². The van der Waals surface area contributed by atoms with E-state index in [1.165, 1.54) is 0 Å². The van der Waals surface area contributed by atoms with Crippen molar-refractivity contribution in [3.05, 3.63) is 20.7 Å².